The van der Waals surface area contributed by atoms with Gasteiger partial charge in [-0.25, -0.2) is 4.79 Å². The summed E-state index contributed by atoms with van der Waals surface area (Å²) >= 11 is 3.41. The second kappa shape index (κ2) is 8.36. The van der Waals surface area contributed by atoms with E-state index in [1.807, 2.05) is 55.5 Å². The molecule has 0 saturated carbocycles. The van der Waals surface area contributed by atoms with Crippen LogP contribution in [0.25, 0.3) is 0 Å². The minimum atomic E-state index is -0.499. The second-order valence-electron chi connectivity index (χ2n) is 6.34. The number of benzene rings is 2. The number of rotatable bonds is 4. The Labute approximate surface area is 161 Å². The quantitative estimate of drug-likeness (QED) is 0.797. The first-order valence-corrected chi connectivity index (χ1v) is 9.38. The topological polar surface area (TPSA) is 58.6 Å². The summed E-state index contributed by atoms with van der Waals surface area (Å²) in [6.45, 7) is 2.67. The number of nitrogens with zero attached hydrogens (tertiary/aromatic N) is 1. The predicted octanol–water partition coefficient (Wildman–Crippen LogP) is 4.50. The highest BCUT2D eigenvalue weighted by Gasteiger charge is 2.35. The van der Waals surface area contributed by atoms with Crippen LogP contribution in [0.5, 0.6) is 0 Å². The Kier molecular flexibility index (Phi) is 5.93. The van der Waals surface area contributed by atoms with Crippen LogP contribution in [0.3, 0.4) is 0 Å². The van der Waals surface area contributed by atoms with E-state index >= 15 is 0 Å². The number of aryl methyl sites for hydroxylation is 1. The first-order chi connectivity index (χ1) is 12.5. The molecule has 2 aromatic rings. The lowest BCUT2D eigenvalue weighted by atomic mass is 10.1. The minimum absolute atomic E-state index is 0.176. The first-order valence-electron chi connectivity index (χ1n) is 8.59. The van der Waals surface area contributed by atoms with Crippen molar-refractivity contribution >= 4 is 33.6 Å². The molecule has 3 rings (SSSR count). The maximum Gasteiger partial charge on any atom is 0.410 e. The Balaban J connectivity index is 1.61. The van der Waals surface area contributed by atoms with Gasteiger partial charge in [-0.05, 0) is 49.1 Å². The zero-order chi connectivity index (χ0) is 18.5. The van der Waals surface area contributed by atoms with Crippen LogP contribution >= 0.6 is 15.9 Å². The van der Waals surface area contributed by atoms with Crippen molar-refractivity contribution in [3.05, 3.63) is 64.1 Å². The fourth-order valence-corrected chi connectivity index (χ4v) is 3.52. The molecule has 2 aromatic carbocycles. The van der Waals surface area contributed by atoms with E-state index in [4.69, 9.17) is 4.74 Å². The maximum absolute atomic E-state index is 12.7. The average Bonchev–Trinajstić information content (AvgIpc) is 3.13. The van der Waals surface area contributed by atoms with E-state index in [0.717, 1.165) is 27.7 Å². The van der Waals surface area contributed by atoms with E-state index in [0.29, 0.717) is 13.0 Å². The van der Waals surface area contributed by atoms with Crippen LogP contribution in [0.15, 0.2) is 53.0 Å². The summed E-state index contributed by atoms with van der Waals surface area (Å²) in [5.41, 5.74) is 2.64. The Morgan fingerprint density at radius 1 is 1.23 bits per heavy atom. The molecule has 0 unspecified atom stereocenters. The maximum atomic E-state index is 12.7. The molecule has 0 bridgehead atoms. The molecule has 0 aliphatic carbocycles. The van der Waals surface area contributed by atoms with Crippen LogP contribution in [0.1, 0.15) is 24.0 Å². The summed E-state index contributed by atoms with van der Waals surface area (Å²) in [6.07, 6.45) is 0.985. The van der Waals surface area contributed by atoms with Crippen molar-refractivity contribution in [2.24, 2.45) is 0 Å². The number of nitrogens with one attached hydrogen (secondary N) is 1. The third-order valence-corrected chi connectivity index (χ3v) is 4.93. The molecule has 26 heavy (non-hydrogen) atoms. The standard InChI is InChI=1S/C20H21BrN2O3/c1-14-12-16(21)9-10-17(14)22-19(24)18-8-5-11-23(18)20(25)26-13-15-6-3-2-4-7-15/h2-4,6-7,9-10,12,18H,5,8,11,13H2,1H3,(H,22,24)/t18-/m0/s1. The van der Waals surface area contributed by atoms with E-state index in [2.05, 4.69) is 21.2 Å². The van der Waals surface area contributed by atoms with Crippen LogP contribution in [-0.2, 0) is 16.1 Å². The summed E-state index contributed by atoms with van der Waals surface area (Å²) in [7, 11) is 0. The summed E-state index contributed by atoms with van der Waals surface area (Å²) in [4.78, 5) is 26.6. The van der Waals surface area contributed by atoms with Crippen LogP contribution in [0.2, 0.25) is 0 Å². The fourth-order valence-electron chi connectivity index (χ4n) is 3.04. The molecule has 1 aliphatic rings. The van der Waals surface area contributed by atoms with Crippen molar-refractivity contribution in [2.45, 2.75) is 32.4 Å². The molecule has 1 fully saturated rings. The number of carbonyl (C=O) groups is 2. The molecule has 6 heteroatoms. The highest BCUT2D eigenvalue weighted by molar-refractivity contribution is 9.10. The molecule has 0 aromatic heterocycles. The third-order valence-electron chi connectivity index (χ3n) is 4.44. The van der Waals surface area contributed by atoms with E-state index in [9.17, 15) is 9.59 Å². The van der Waals surface area contributed by atoms with Crippen molar-refractivity contribution in [1.82, 2.24) is 4.90 Å². The van der Waals surface area contributed by atoms with Crippen molar-refractivity contribution in [3.8, 4) is 0 Å². The molecule has 1 atom stereocenters. The SMILES string of the molecule is Cc1cc(Br)ccc1NC(=O)[C@@H]1CCCN1C(=O)OCc1ccccc1. The van der Waals surface area contributed by atoms with Gasteiger partial charge in [0.1, 0.15) is 12.6 Å². The van der Waals surface area contributed by atoms with Crippen LogP contribution in [-0.4, -0.2) is 29.5 Å². The predicted molar refractivity (Wildman–Crippen MR) is 104 cm³/mol. The van der Waals surface area contributed by atoms with Gasteiger partial charge in [-0.3, -0.25) is 9.69 Å². The summed E-state index contributed by atoms with van der Waals surface area (Å²) in [5.74, 6) is -0.176. The smallest absolute Gasteiger partial charge is 0.410 e. The number of anilines is 1. The van der Waals surface area contributed by atoms with Crippen LogP contribution in [0.4, 0.5) is 10.5 Å². The summed E-state index contributed by atoms with van der Waals surface area (Å²) < 4.78 is 6.34. The molecular formula is C20H21BrN2O3. The number of hydrogen-bond acceptors (Lipinski definition) is 3. The second-order valence-corrected chi connectivity index (χ2v) is 7.26. The van der Waals surface area contributed by atoms with Gasteiger partial charge < -0.3 is 10.1 Å². The van der Waals surface area contributed by atoms with Gasteiger partial charge in [-0.15, -0.1) is 0 Å². The molecule has 1 aliphatic heterocycles. The highest BCUT2D eigenvalue weighted by atomic mass is 79.9. The Morgan fingerprint density at radius 2 is 2.00 bits per heavy atom. The van der Waals surface area contributed by atoms with E-state index in [1.165, 1.54) is 4.90 Å². The number of amides is 2. The van der Waals surface area contributed by atoms with Gasteiger partial charge in [-0.2, -0.15) is 0 Å². The number of carbonyl (C=O) groups excluding carboxylic acids is 2. The van der Waals surface area contributed by atoms with Crippen LogP contribution < -0.4 is 5.32 Å². The van der Waals surface area contributed by atoms with E-state index in [-0.39, 0.29) is 12.5 Å². The fraction of sp³-hybridized carbons (Fsp3) is 0.300. The van der Waals surface area contributed by atoms with Crippen molar-refractivity contribution < 1.29 is 14.3 Å². The molecular weight excluding hydrogens is 396 g/mol. The monoisotopic (exact) mass is 416 g/mol. The zero-order valence-corrected chi connectivity index (χ0v) is 16.2. The van der Waals surface area contributed by atoms with Gasteiger partial charge in [0.05, 0.1) is 0 Å². The lowest BCUT2D eigenvalue weighted by Gasteiger charge is -2.23. The van der Waals surface area contributed by atoms with Crippen LogP contribution in [0, 0.1) is 6.92 Å². The molecule has 2 amide bonds. The zero-order valence-electron chi connectivity index (χ0n) is 14.6. The van der Waals surface area contributed by atoms with Crippen molar-refractivity contribution in [2.75, 3.05) is 11.9 Å². The first kappa shape index (κ1) is 18.5. The molecule has 1 N–H and O–H groups in total. The minimum Gasteiger partial charge on any atom is -0.445 e. The van der Waals surface area contributed by atoms with Gasteiger partial charge in [-0.1, -0.05) is 46.3 Å². The lowest BCUT2D eigenvalue weighted by molar-refractivity contribution is -0.120. The van der Waals surface area contributed by atoms with Crippen molar-refractivity contribution in [3.63, 3.8) is 0 Å². The lowest BCUT2D eigenvalue weighted by Crippen LogP contribution is -2.43. The molecule has 0 radical (unpaired) electrons. The van der Waals surface area contributed by atoms with Gasteiger partial charge in [0.15, 0.2) is 0 Å². The Morgan fingerprint density at radius 3 is 2.73 bits per heavy atom. The molecule has 0 spiro atoms. The number of hydrogen-bond donors (Lipinski definition) is 1. The van der Waals surface area contributed by atoms with E-state index < -0.39 is 12.1 Å². The Bertz CT molecular complexity index is 795. The van der Waals surface area contributed by atoms with Crippen molar-refractivity contribution in [1.29, 1.82) is 0 Å². The largest absolute Gasteiger partial charge is 0.445 e. The molecule has 1 saturated heterocycles. The van der Waals surface area contributed by atoms with Gasteiger partial charge in [0.25, 0.3) is 0 Å². The Hall–Kier alpha value is -2.34. The normalized spacial score (nSPS) is 16.4. The summed E-state index contributed by atoms with van der Waals surface area (Å²) in [5, 5.41) is 2.93. The van der Waals surface area contributed by atoms with Gasteiger partial charge in [0, 0.05) is 16.7 Å². The average molecular weight is 417 g/mol. The third kappa shape index (κ3) is 4.43. The molecule has 5 nitrogen and oxygen atoms in total. The van der Waals surface area contributed by atoms with E-state index in [1.54, 1.807) is 0 Å². The van der Waals surface area contributed by atoms with Gasteiger partial charge in [0.2, 0.25) is 5.91 Å². The molecule has 1 heterocycles. The highest BCUT2D eigenvalue weighted by Crippen LogP contribution is 2.23. The van der Waals surface area contributed by atoms with Gasteiger partial charge >= 0.3 is 6.09 Å². The summed E-state index contributed by atoms with van der Waals surface area (Å²) in [6, 6.07) is 14.7. The number of ether oxygens (including phenoxy) is 1. The number of halogens is 1. The molecule has 136 valence electrons. The number of likely N-dealkylation sites (tertiary alicyclic amines) is 1.